The average molecular weight is 302 g/mol. The lowest BCUT2D eigenvalue weighted by Gasteiger charge is -2.18. The summed E-state index contributed by atoms with van der Waals surface area (Å²) in [5.74, 6) is -0.769. The fourth-order valence-corrected chi connectivity index (χ4v) is 1.98. The summed E-state index contributed by atoms with van der Waals surface area (Å²) in [6.07, 6.45) is 0. The number of rotatable bonds is 3. The van der Waals surface area contributed by atoms with E-state index in [1.54, 1.807) is 31.3 Å². The molecule has 0 aromatic heterocycles. The Morgan fingerprint density at radius 1 is 1.14 bits per heavy atom. The first-order valence-electron chi connectivity index (χ1n) is 6.10. The number of phenols is 2. The zero-order valence-electron chi connectivity index (χ0n) is 11.3. The number of hydrogen-bond acceptors (Lipinski definition) is 4. The Labute approximate surface area is 127 Å². The summed E-state index contributed by atoms with van der Waals surface area (Å²) in [6, 6.07) is 10.7. The minimum atomic E-state index is -0.393. The minimum Gasteiger partial charge on any atom is -0.508 e. The van der Waals surface area contributed by atoms with Gasteiger partial charge in [-0.3, -0.25) is 4.79 Å². The van der Waals surface area contributed by atoms with Gasteiger partial charge in [0.15, 0.2) is 0 Å². The number of nitrogens with zero attached hydrogens (tertiary/aromatic N) is 1. The Hall–Kier alpha value is -2.60. The Morgan fingerprint density at radius 2 is 1.76 bits per heavy atom. The summed E-state index contributed by atoms with van der Waals surface area (Å²) in [7, 11) is 1.59. The maximum Gasteiger partial charge on any atom is 0.261 e. The molecule has 0 unspecified atom stereocenters. The third-order valence-electron chi connectivity index (χ3n) is 3.06. The van der Waals surface area contributed by atoms with Gasteiger partial charge in [0, 0.05) is 24.4 Å². The van der Waals surface area contributed by atoms with Gasteiger partial charge in [-0.1, -0.05) is 12.2 Å². The van der Waals surface area contributed by atoms with Crippen molar-refractivity contribution in [2.75, 3.05) is 11.9 Å². The van der Waals surface area contributed by atoms with Crippen LogP contribution in [0.15, 0.2) is 42.5 Å². The van der Waals surface area contributed by atoms with Crippen molar-refractivity contribution in [1.82, 2.24) is 0 Å². The molecule has 5 nitrogen and oxygen atoms in total. The first-order chi connectivity index (χ1) is 9.90. The van der Waals surface area contributed by atoms with Crippen LogP contribution in [0.2, 0.25) is 0 Å². The van der Waals surface area contributed by atoms with Crippen LogP contribution in [0.3, 0.4) is 0 Å². The highest BCUT2D eigenvalue weighted by Gasteiger charge is 2.17. The molecule has 2 rings (SSSR count). The van der Waals surface area contributed by atoms with Crippen LogP contribution in [0.25, 0.3) is 0 Å². The molecule has 2 aromatic rings. The molecule has 1 amide bonds. The number of nitrogens with two attached hydrogens (primary N) is 1. The van der Waals surface area contributed by atoms with Crippen LogP contribution in [-0.4, -0.2) is 28.2 Å². The van der Waals surface area contributed by atoms with Crippen molar-refractivity contribution in [3.05, 3.63) is 53.6 Å². The maximum absolute atomic E-state index is 12.3. The maximum atomic E-state index is 12.3. The first-order valence-corrected chi connectivity index (χ1v) is 6.51. The van der Waals surface area contributed by atoms with Crippen LogP contribution in [-0.2, 0) is 0 Å². The van der Waals surface area contributed by atoms with Crippen LogP contribution in [0, 0.1) is 0 Å². The Kier molecular flexibility index (Phi) is 4.09. The van der Waals surface area contributed by atoms with E-state index in [-0.39, 0.29) is 22.1 Å². The van der Waals surface area contributed by atoms with E-state index >= 15 is 0 Å². The fourth-order valence-electron chi connectivity index (χ4n) is 1.85. The number of aromatic hydroxyl groups is 2. The number of carbonyl (C=O) groups excluding carboxylic acids is 1. The normalized spacial score (nSPS) is 10.1. The van der Waals surface area contributed by atoms with Crippen molar-refractivity contribution >= 4 is 28.8 Å². The third kappa shape index (κ3) is 3.11. The van der Waals surface area contributed by atoms with E-state index in [0.717, 1.165) is 6.07 Å². The number of carbonyl (C=O) groups is 1. The summed E-state index contributed by atoms with van der Waals surface area (Å²) in [5, 5.41) is 19.0. The highest BCUT2D eigenvalue weighted by molar-refractivity contribution is 7.80. The zero-order valence-corrected chi connectivity index (χ0v) is 12.1. The molecule has 0 bridgehead atoms. The Bertz CT molecular complexity index is 699. The standard InChI is InChI=1S/C15H14N2O3S/c1-17(10-4-2-9(3-5-10)14(16)21)15(20)12-7-6-11(18)8-13(12)19/h2-8,18-19H,1H3,(H2,16,21). The van der Waals surface area contributed by atoms with E-state index in [1.807, 2.05) is 0 Å². The predicted molar refractivity (Wildman–Crippen MR) is 84.8 cm³/mol. The third-order valence-corrected chi connectivity index (χ3v) is 3.29. The summed E-state index contributed by atoms with van der Waals surface area (Å²) in [5.41, 5.74) is 6.97. The largest absolute Gasteiger partial charge is 0.508 e. The molecule has 6 heteroatoms. The van der Waals surface area contributed by atoms with E-state index in [4.69, 9.17) is 18.0 Å². The quantitative estimate of drug-likeness (QED) is 0.755. The van der Waals surface area contributed by atoms with Crippen molar-refractivity contribution in [3.63, 3.8) is 0 Å². The monoisotopic (exact) mass is 302 g/mol. The molecule has 2 aromatic carbocycles. The van der Waals surface area contributed by atoms with Crippen molar-refractivity contribution in [1.29, 1.82) is 0 Å². The predicted octanol–water partition coefficient (Wildman–Crippen LogP) is 2.01. The van der Waals surface area contributed by atoms with Gasteiger partial charge < -0.3 is 20.8 Å². The van der Waals surface area contributed by atoms with Crippen LogP contribution >= 0.6 is 12.2 Å². The first kappa shape index (κ1) is 14.8. The molecule has 0 aliphatic carbocycles. The molecular formula is C15H14N2O3S. The topological polar surface area (TPSA) is 86.8 Å². The van der Waals surface area contributed by atoms with Gasteiger partial charge in [0.25, 0.3) is 5.91 Å². The van der Waals surface area contributed by atoms with Gasteiger partial charge in [-0.05, 0) is 36.4 Å². The lowest BCUT2D eigenvalue weighted by molar-refractivity contribution is 0.0990. The molecule has 0 saturated heterocycles. The van der Waals surface area contributed by atoms with E-state index in [1.165, 1.54) is 17.0 Å². The van der Waals surface area contributed by atoms with Crippen molar-refractivity contribution in [2.24, 2.45) is 5.73 Å². The lowest BCUT2D eigenvalue weighted by Crippen LogP contribution is -2.26. The molecule has 0 fully saturated rings. The molecule has 0 saturated carbocycles. The van der Waals surface area contributed by atoms with Crippen molar-refractivity contribution < 1.29 is 15.0 Å². The molecule has 0 aliphatic heterocycles. The Balaban J connectivity index is 2.28. The van der Waals surface area contributed by atoms with E-state index in [9.17, 15) is 15.0 Å². The van der Waals surface area contributed by atoms with Gasteiger partial charge in [0.05, 0.1) is 5.56 Å². The molecule has 4 N–H and O–H groups in total. The molecule has 0 aliphatic rings. The summed E-state index contributed by atoms with van der Waals surface area (Å²) < 4.78 is 0. The highest BCUT2D eigenvalue weighted by Crippen LogP contribution is 2.25. The number of amides is 1. The van der Waals surface area contributed by atoms with Crippen LogP contribution in [0.1, 0.15) is 15.9 Å². The van der Waals surface area contributed by atoms with E-state index in [2.05, 4.69) is 0 Å². The minimum absolute atomic E-state index is 0.104. The number of hydrogen-bond donors (Lipinski definition) is 3. The molecule has 0 radical (unpaired) electrons. The van der Waals surface area contributed by atoms with Crippen molar-refractivity contribution in [2.45, 2.75) is 0 Å². The Morgan fingerprint density at radius 3 is 2.29 bits per heavy atom. The molecule has 0 spiro atoms. The molecular weight excluding hydrogens is 288 g/mol. The van der Waals surface area contributed by atoms with E-state index < -0.39 is 5.91 Å². The van der Waals surface area contributed by atoms with E-state index in [0.29, 0.717) is 11.3 Å². The second-order valence-corrected chi connectivity index (χ2v) is 4.92. The fraction of sp³-hybridized carbons (Fsp3) is 0.0667. The number of benzene rings is 2. The molecule has 0 heterocycles. The molecule has 21 heavy (non-hydrogen) atoms. The second kappa shape index (κ2) is 5.80. The van der Waals surface area contributed by atoms with Crippen LogP contribution in [0.4, 0.5) is 5.69 Å². The van der Waals surface area contributed by atoms with Gasteiger partial charge in [-0.25, -0.2) is 0 Å². The van der Waals surface area contributed by atoms with Crippen LogP contribution < -0.4 is 10.6 Å². The number of thiocarbonyl (C=S) groups is 1. The smallest absolute Gasteiger partial charge is 0.261 e. The van der Waals surface area contributed by atoms with Crippen LogP contribution in [0.5, 0.6) is 11.5 Å². The average Bonchev–Trinajstić information content (AvgIpc) is 2.46. The van der Waals surface area contributed by atoms with Gasteiger partial charge in [-0.2, -0.15) is 0 Å². The van der Waals surface area contributed by atoms with Gasteiger partial charge in [-0.15, -0.1) is 0 Å². The summed E-state index contributed by atoms with van der Waals surface area (Å²) >= 11 is 4.87. The molecule has 108 valence electrons. The van der Waals surface area contributed by atoms with Gasteiger partial charge in [0.2, 0.25) is 0 Å². The zero-order chi connectivity index (χ0) is 15.6. The van der Waals surface area contributed by atoms with Crippen molar-refractivity contribution in [3.8, 4) is 11.5 Å². The van der Waals surface area contributed by atoms with Gasteiger partial charge in [0.1, 0.15) is 16.5 Å². The summed E-state index contributed by atoms with van der Waals surface area (Å²) in [4.78, 5) is 14.0. The molecule has 0 atom stereocenters. The SMILES string of the molecule is CN(C(=O)c1ccc(O)cc1O)c1ccc(C(N)=S)cc1. The highest BCUT2D eigenvalue weighted by atomic mass is 32.1. The number of phenolic OH excluding ortho intramolecular Hbond substituents is 2. The number of anilines is 1. The van der Waals surface area contributed by atoms with Gasteiger partial charge >= 0.3 is 0 Å². The summed E-state index contributed by atoms with van der Waals surface area (Å²) in [6.45, 7) is 0. The lowest BCUT2D eigenvalue weighted by atomic mass is 10.1. The second-order valence-electron chi connectivity index (χ2n) is 4.48.